The van der Waals surface area contributed by atoms with E-state index in [1.807, 2.05) is 13.8 Å². The van der Waals surface area contributed by atoms with Crippen LogP contribution in [0.4, 0.5) is 0 Å². The van der Waals surface area contributed by atoms with Crippen LogP contribution in [0.25, 0.3) is 0 Å². The molecule has 3 N–H and O–H groups in total. The Morgan fingerprint density at radius 3 is 2.84 bits per heavy atom. The molecule has 4 heteroatoms. The lowest BCUT2D eigenvalue weighted by atomic mass is 9.76. The normalized spacial score (nSPS) is 27.3. The Kier molecular flexibility index (Phi) is 3.99. The molecule has 106 valence electrons. The Balaban J connectivity index is 2.14. The van der Waals surface area contributed by atoms with E-state index in [0.717, 1.165) is 25.0 Å². The summed E-state index contributed by atoms with van der Waals surface area (Å²) in [6.07, 6.45) is 4.28. The van der Waals surface area contributed by atoms with E-state index in [0.29, 0.717) is 23.8 Å². The Labute approximate surface area is 114 Å². The van der Waals surface area contributed by atoms with Gasteiger partial charge in [0, 0.05) is 6.54 Å². The van der Waals surface area contributed by atoms with Crippen LogP contribution < -0.4 is 11.1 Å². The summed E-state index contributed by atoms with van der Waals surface area (Å²) in [4.78, 5) is 12.4. The van der Waals surface area contributed by atoms with E-state index in [1.165, 1.54) is 6.42 Å². The number of nitrogens with one attached hydrogen (secondary N) is 1. The average Bonchev–Trinajstić information content (AvgIpc) is 2.68. The van der Waals surface area contributed by atoms with Gasteiger partial charge in [-0.1, -0.05) is 19.8 Å². The molecule has 1 saturated carbocycles. The summed E-state index contributed by atoms with van der Waals surface area (Å²) in [6, 6.07) is 1.79. The third kappa shape index (κ3) is 3.00. The van der Waals surface area contributed by atoms with Gasteiger partial charge in [-0.25, -0.2) is 0 Å². The van der Waals surface area contributed by atoms with Crippen molar-refractivity contribution in [2.75, 3.05) is 6.54 Å². The van der Waals surface area contributed by atoms with E-state index in [-0.39, 0.29) is 11.4 Å². The highest BCUT2D eigenvalue weighted by molar-refractivity contribution is 5.95. The Morgan fingerprint density at radius 2 is 2.32 bits per heavy atom. The van der Waals surface area contributed by atoms with Crippen LogP contribution in [0.5, 0.6) is 0 Å². The van der Waals surface area contributed by atoms with Crippen molar-refractivity contribution in [3.63, 3.8) is 0 Å². The fourth-order valence-corrected chi connectivity index (χ4v) is 3.17. The van der Waals surface area contributed by atoms with E-state index in [2.05, 4.69) is 12.2 Å². The molecule has 0 bridgehead atoms. The molecule has 0 spiro atoms. The third-order valence-electron chi connectivity index (χ3n) is 4.15. The second-order valence-corrected chi connectivity index (χ2v) is 5.97. The van der Waals surface area contributed by atoms with Crippen LogP contribution in [-0.2, 0) is 0 Å². The minimum absolute atomic E-state index is 0.0612. The zero-order valence-corrected chi connectivity index (χ0v) is 12.1. The summed E-state index contributed by atoms with van der Waals surface area (Å²) < 4.78 is 5.42. The van der Waals surface area contributed by atoms with Gasteiger partial charge in [-0.15, -0.1) is 0 Å². The average molecular weight is 264 g/mol. The van der Waals surface area contributed by atoms with Gasteiger partial charge in [-0.2, -0.15) is 0 Å². The molecule has 1 fully saturated rings. The van der Waals surface area contributed by atoms with E-state index >= 15 is 0 Å². The predicted molar refractivity (Wildman–Crippen MR) is 75.1 cm³/mol. The molecule has 1 aliphatic carbocycles. The zero-order valence-electron chi connectivity index (χ0n) is 12.1. The Hall–Kier alpha value is -1.29. The highest BCUT2D eigenvalue weighted by Gasteiger charge is 2.35. The minimum atomic E-state index is -0.244. The third-order valence-corrected chi connectivity index (χ3v) is 4.15. The highest BCUT2D eigenvalue weighted by atomic mass is 16.3. The van der Waals surface area contributed by atoms with Gasteiger partial charge in [0.25, 0.3) is 5.91 Å². The largest absolute Gasteiger partial charge is 0.466 e. The maximum atomic E-state index is 12.4. The van der Waals surface area contributed by atoms with Gasteiger partial charge in [0.1, 0.15) is 11.5 Å². The van der Waals surface area contributed by atoms with Crippen molar-refractivity contribution in [3.8, 4) is 0 Å². The number of nitrogens with two attached hydrogens (primary N) is 1. The first-order chi connectivity index (χ1) is 8.96. The summed E-state index contributed by atoms with van der Waals surface area (Å²) in [5, 5.41) is 3.16. The van der Waals surface area contributed by atoms with Gasteiger partial charge >= 0.3 is 0 Å². The molecule has 1 aromatic rings. The standard InChI is InChI=1S/C15H24N2O2/c1-10-5-4-6-15(8-10,9-16)17-14(18)13-7-11(2)19-12(13)3/h7,10H,4-6,8-9,16H2,1-3H3,(H,17,18). The molecule has 0 aromatic carbocycles. The van der Waals surface area contributed by atoms with Crippen LogP contribution in [-0.4, -0.2) is 18.0 Å². The van der Waals surface area contributed by atoms with Gasteiger partial charge in [-0.05, 0) is 38.7 Å². The predicted octanol–water partition coefficient (Wildman–Crippen LogP) is 2.53. The molecule has 1 amide bonds. The summed E-state index contributed by atoms with van der Waals surface area (Å²) in [7, 11) is 0. The maximum Gasteiger partial charge on any atom is 0.255 e. The second kappa shape index (κ2) is 5.37. The van der Waals surface area contributed by atoms with E-state index < -0.39 is 0 Å². The van der Waals surface area contributed by atoms with Crippen LogP contribution >= 0.6 is 0 Å². The summed E-state index contributed by atoms with van der Waals surface area (Å²) >= 11 is 0. The fourth-order valence-electron chi connectivity index (χ4n) is 3.17. The van der Waals surface area contributed by atoms with Gasteiger partial charge in [0.15, 0.2) is 0 Å². The number of rotatable bonds is 3. The highest BCUT2D eigenvalue weighted by Crippen LogP contribution is 2.32. The monoisotopic (exact) mass is 264 g/mol. The number of furan rings is 1. The fraction of sp³-hybridized carbons (Fsp3) is 0.667. The number of carbonyl (C=O) groups is 1. The van der Waals surface area contributed by atoms with Crippen LogP contribution in [0.1, 0.15) is 54.5 Å². The molecule has 0 aliphatic heterocycles. The van der Waals surface area contributed by atoms with Gasteiger partial charge in [0.2, 0.25) is 0 Å². The van der Waals surface area contributed by atoms with E-state index in [4.69, 9.17) is 10.2 Å². The van der Waals surface area contributed by atoms with E-state index in [1.54, 1.807) is 6.07 Å². The molecular weight excluding hydrogens is 240 g/mol. The lowest BCUT2D eigenvalue weighted by Crippen LogP contribution is -2.56. The molecule has 4 nitrogen and oxygen atoms in total. The van der Waals surface area contributed by atoms with Crippen LogP contribution in [0.2, 0.25) is 0 Å². The quantitative estimate of drug-likeness (QED) is 0.881. The lowest BCUT2D eigenvalue weighted by Gasteiger charge is -2.39. The SMILES string of the molecule is Cc1cc(C(=O)NC2(CN)CCCC(C)C2)c(C)o1. The maximum absolute atomic E-state index is 12.4. The summed E-state index contributed by atoms with van der Waals surface area (Å²) in [6.45, 7) is 6.40. The second-order valence-electron chi connectivity index (χ2n) is 5.97. The molecule has 1 aliphatic rings. The van der Waals surface area contributed by atoms with Gasteiger partial charge in [-0.3, -0.25) is 4.79 Å². The van der Waals surface area contributed by atoms with Crippen molar-refractivity contribution in [2.24, 2.45) is 11.7 Å². The van der Waals surface area contributed by atoms with Crippen molar-refractivity contribution >= 4 is 5.91 Å². The number of hydrogen-bond donors (Lipinski definition) is 2. The summed E-state index contributed by atoms with van der Waals surface area (Å²) in [5.41, 5.74) is 6.32. The molecule has 1 heterocycles. The molecule has 2 rings (SSSR count). The molecule has 0 saturated heterocycles. The van der Waals surface area contributed by atoms with Crippen molar-refractivity contribution in [1.29, 1.82) is 0 Å². The van der Waals surface area contributed by atoms with Crippen LogP contribution in [0.3, 0.4) is 0 Å². The first kappa shape index (κ1) is 14.1. The summed E-state index contributed by atoms with van der Waals surface area (Å²) in [5.74, 6) is 1.99. The molecule has 19 heavy (non-hydrogen) atoms. The van der Waals surface area contributed by atoms with Crippen molar-refractivity contribution in [2.45, 2.75) is 52.0 Å². The smallest absolute Gasteiger partial charge is 0.255 e. The number of aryl methyl sites for hydroxylation is 2. The lowest BCUT2D eigenvalue weighted by molar-refractivity contribution is 0.0852. The minimum Gasteiger partial charge on any atom is -0.466 e. The first-order valence-corrected chi connectivity index (χ1v) is 7.05. The van der Waals surface area contributed by atoms with Crippen molar-refractivity contribution < 1.29 is 9.21 Å². The number of carbonyl (C=O) groups excluding carboxylic acids is 1. The molecule has 0 radical (unpaired) electrons. The first-order valence-electron chi connectivity index (χ1n) is 7.05. The van der Waals surface area contributed by atoms with Crippen molar-refractivity contribution in [1.82, 2.24) is 5.32 Å². The van der Waals surface area contributed by atoms with Crippen LogP contribution in [0.15, 0.2) is 10.5 Å². The Bertz CT molecular complexity index is 467. The number of hydrogen-bond acceptors (Lipinski definition) is 3. The van der Waals surface area contributed by atoms with E-state index in [9.17, 15) is 4.79 Å². The molecular formula is C15H24N2O2. The topological polar surface area (TPSA) is 68.3 Å². The zero-order chi connectivity index (χ0) is 14.0. The molecule has 2 atom stereocenters. The molecule has 1 aromatic heterocycles. The van der Waals surface area contributed by atoms with Gasteiger partial charge in [0.05, 0.1) is 11.1 Å². The molecule has 2 unspecified atom stereocenters. The Morgan fingerprint density at radius 1 is 1.58 bits per heavy atom. The van der Waals surface area contributed by atoms with Crippen LogP contribution in [0, 0.1) is 19.8 Å². The van der Waals surface area contributed by atoms with Crippen molar-refractivity contribution in [3.05, 3.63) is 23.2 Å². The van der Waals surface area contributed by atoms with Gasteiger partial charge < -0.3 is 15.5 Å². The number of amides is 1.